The number of aryl methyl sites for hydroxylation is 1. The average Bonchev–Trinajstić information content (AvgIpc) is 3.22. The Morgan fingerprint density at radius 2 is 1.92 bits per heavy atom. The quantitative estimate of drug-likeness (QED) is 0.740. The number of H-pyrrole nitrogens is 1. The molecule has 1 aromatic carbocycles. The summed E-state index contributed by atoms with van der Waals surface area (Å²) in [5, 5.41) is 0.728. The van der Waals surface area contributed by atoms with Crippen molar-refractivity contribution in [3.63, 3.8) is 0 Å². The number of hydrogen-bond donors (Lipinski definition) is 1. The molecule has 3 aromatic rings. The summed E-state index contributed by atoms with van der Waals surface area (Å²) in [7, 11) is 0. The topological polar surface area (TPSA) is 44.8 Å². The zero-order valence-electron chi connectivity index (χ0n) is 13.7. The molecule has 4 nitrogen and oxygen atoms in total. The average molecular weight is 346 g/mol. The van der Waals surface area contributed by atoms with Crippen molar-refractivity contribution in [2.75, 3.05) is 18.0 Å². The molecule has 4 rings (SSSR count). The number of aromatic nitrogens is 3. The number of fused-ring (bicyclic) bond motifs is 1. The second-order valence-electron chi connectivity index (χ2n) is 6.30. The van der Waals surface area contributed by atoms with E-state index in [0.717, 1.165) is 35.9 Å². The number of benzene rings is 1. The number of rotatable bonds is 2. The molecule has 0 saturated carbocycles. The molecule has 0 radical (unpaired) electrons. The van der Waals surface area contributed by atoms with Crippen LogP contribution >= 0.6 is 0 Å². The molecule has 1 aliphatic rings. The summed E-state index contributed by atoms with van der Waals surface area (Å²) in [6, 6.07) is 5.82. The van der Waals surface area contributed by atoms with E-state index in [1.54, 1.807) is 13.1 Å². The predicted molar refractivity (Wildman–Crippen MR) is 90.5 cm³/mol. The molecular weight excluding hydrogens is 329 g/mol. The molecule has 0 spiro atoms. The van der Waals surface area contributed by atoms with Gasteiger partial charge in [0.25, 0.3) is 0 Å². The molecule has 3 heterocycles. The number of anilines is 1. The van der Waals surface area contributed by atoms with Crippen molar-refractivity contribution in [2.24, 2.45) is 0 Å². The minimum Gasteiger partial charge on any atom is -0.371 e. The van der Waals surface area contributed by atoms with Crippen molar-refractivity contribution in [3.8, 4) is 11.3 Å². The van der Waals surface area contributed by atoms with Crippen molar-refractivity contribution in [2.45, 2.75) is 25.9 Å². The molecule has 1 N–H and O–H groups in total. The molecule has 0 amide bonds. The second kappa shape index (κ2) is 5.75. The van der Waals surface area contributed by atoms with Crippen molar-refractivity contribution in [1.29, 1.82) is 0 Å². The predicted octanol–water partition coefficient (Wildman–Crippen LogP) is 4.55. The maximum absolute atomic E-state index is 13.3. The van der Waals surface area contributed by atoms with Gasteiger partial charge in [0.1, 0.15) is 11.4 Å². The minimum absolute atomic E-state index is 0.0832. The fourth-order valence-corrected chi connectivity index (χ4v) is 3.36. The molecular formula is C18H17F3N4. The number of nitrogens with one attached hydrogen (secondary N) is 1. The fraction of sp³-hybridized carbons (Fsp3) is 0.333. The van der Waals surface area contributed by atoms with Crippen LogP contribution in [0.2, 0.25) is 0 Å². The molecule has 0 bridgehead atoms. The van der Waals surface area contributed by atoms with E-state index in [4.69, 9.17) is 0 Å². The Hall–Kier alpha value is -2.57. The number of aromatic amines is 1. The summed E-state index contributed by atoms with van der Waals surface area (Å²) in [5.41, 5.74) is 1.45. The summed E-state index contributed by atoms with van der Waals surface area (Å²) >= 11 is 0. The first kappa shape index (κ1) is 15.9. The second-order valence-corrected chi connectivity index (χ2v) is 6.30. The Morgan fingerprint density at radius 3 is 2.64 bits per heavy atom. The lowest BCUT2D eigenvalue weighted by Crippen LogP contribution is -2.17. The minimum atomic E-state index is -4.50. The van der Waals surface area contributed by atoms with Crippen LogP contribution in [-0.4, -0.2) is 28.0 Å². The number of hydrogen-bond acceptors (Lipinski definition) is 3. The van der Waals surface area contributed by atoms with E-state index in [-0.39, 0.29) is 5.69 Å². The summed E-state index contributed by atoms with van der Waals surface area (Å²) in [5.74, 6) is 0.311. The Kier molecular flexibility index (Phi) is 3.67. The van der Waals surface area contributed by atoms with Crippen LogP contribution in [0.25, 0.3) is 22.2 Å². The molecule has 0 atom stereocenters. The van der Waals surface area contributed by atoms with Gasteiger partial charge < -0.3 is 9.88 Å². The molecule has 1 fully saturated rings. The van der Waals surface area contributed by atoms with Gasteiger partial charge in [-0.25, -0.2) is 9.97 Å². The molecule has 0 unspecified atom stereocenters. The highest BCUT2D eigenvalue weighted by atomic mass is 19.4. The van der Waals surface area contributed by atoms with E-state index in [1.807, 2.05) is 18.2 Å². The van der Waals surface area contributed by atoms with Crippen LogP contribution in [0.15, 0.2) is 30.6 Å². The van der Waals surface area contributed by atoms with Crippen LogP contribution in [0.5, 0.6) is 0 Å². The third-order valence-electron chi connectivity index (χ3n) is 4.61. The first-order valence-electron chi connectivity index (χ1n) is 8.21. The summed E-state index contributed by atoms with van der Waals surface area (Å²) < 4.78 is 40.0. The van der Waals surface area contributed by atoms with Crippen LogP contribution in [0.4, 0.5) is 18.9 Å². The van der Waals surface area contributed by atoms with Gasteiger partial charge >= 0.3 is 6.18 Å². The van der Waals surface area contributed by atoms with E-state index in [2.05, 4.69) is 19.9 Å². The summed E-state index contributed by atoms with van der Waals surface area (Å²) in [6.07, 6.45) is 0.291. The maximum atomic E-state index is 13.3. The first-order chi connectivity index (χ1) is 11.9. The molecule has 25 heavy (non-hydrogen) atoms. The van der Waals surface area contributed by atoms with E-state index >= 15 is 0 Å². The normalized spacial score (nSPS) is 15.3. The van der Waals surface area contributed by atoms with Crippen molar-refractivity contribution in [1.82, 2.24) is 15.0 Å². The molecule has 130 valence electrons. The Labute approximate surface area is 142 Å². The number of halogens is 3. The van der Waals surface area contributed by atoms with Gasteiger partial charge in [0.2, 0.25) is 0 Å². The van der Waals surface area contributed by atoms with E-state index < -0.39 is 11.7 Å². The Bertz CT molecular complexity index is 924. The lowest BCUT2D eigenvalue weighted by Gasteiger charge is -2.17. The lowest BCUT2D eigenvalue weighted by molar-refractivity contribution is -0.137. The van der Waals surface area contributed by atoms with Gasteiger partial charge in [0.15, 0.2) is 0 Å². The molecule has 1 saturated heterocycles. The summed E-state index contributed by atoms with van der Waals surface area (Å²) in [6.45, 7) is 3.62. The molecule has 7 heteroatoms. The van der Waals surface area contributed by atoms with Gasteiger partial charge in [0, 0.05) is 47.6 Å². The highest BCUT2D eigenvalue weighted by molar-refractivity contribution is 5.97. The standard InChI is InChI=1S/C18H17F3N4/c1-11-22-10-15(18(19,20)21)17(24-11)14-9-23-16-8-12(4-5-13(14)16)25-6-2-3-7-25/h4-5,8-10,23H,2-3,6-7H2,1H3. The Morgan fingerprint density at radius 1 is 1.16 bits per heavy atom. The van der Waals surface area contributed by atoms with Gasteiger partial charge in [-0.05, 0) is 31.9 Å². The SMILES string of the molecule is Cc1ncc(C(F)(F)F)c(-c2c[nH]c3cc(N4CCCC4)ccc23)n1. The number of nitrogens with zero attached hydrogens (tertiary/aromatic N) is 3. The molecule has 0 aliphatic carbocycles. The highest BCUT2D eigenvalue weighted by Crippen LogP contribution is 2.38. The fourth-order valence-electron chi connectivity index (χ4n) is 3.36. The first-order valence-corrected chi connectivity index (χ1v) is 8.21. The third-order valence-corrected chi connectivity index (χ3v) is 4.61. The van der Waals surface area contributed by atoms with Crippen molar-refractivity contribution < 1.29 is 13.2 Å². The van der Waals surface area contributed by atoms with Gasteiger partial charge in [-0.2, -0.15) is 13.2 Å². The van der Waals surface area contributed by atoms with Crippen molar-refractivity contribution in [3.05, 3.63) is 42.0 Å². The molecule has 2 aromatic heterocycles. The Balaban J connectivity index is 1.84. The third kappa shape index (κ3) is 2.83. The monoisotopic (exact) mass is 346 g/mol. The van der Waals surface area contributed by atoms with Crippen LogP contribution in [0.3, 0.4) is 0 Å². The zero-order chi connectivity index (χ0) is 17.6. The number of alkyl halides is 3. The van der Waals surface area contributed by atoms with E-state index in [0.29, 0.717) is 11.4 Å². The largest absolute Gasteiger partial charge is 0.419 e. The van der Waals surface area contributed by atoms with Crippen LogP contribution in [0.1, 0.15) is 24.2 Å². The van der Waals surface area contributed by atoms with Crippen molar-refractivity contribution >= 4 is 16.6 Å². The lowest BCUT2D eigenvalue weighted by atomic mass is 10.1. The van der Waals surface area contributed by atoms with Crippen LogP contribution in [-0.2, 0) is 6.18 Å². The highest BCUT2D eigenvalue weighted by Gasteiger charge is 2.35. The van der Waals surface area contributed by atoms with Gasteiger partial charge in [-0.1, -0.05) is 6.07 Å². The smallest absolute Gasteiger partial charge is 0.371 e. The molecule has 1 aliphatic heterocycles. The van der Waals surface area contributed by atoms with Gasteiger partial charge in [-0.15, -0.1) is 0 Å². The zero-order valence-corrected chi connectivity index (χ0v) is 13.7. The maximum Gasteiger partial charge on any atom is 0.419 e. The summed E-state index contributed by atoms with van der Waals surface area (Å²) in [4.78, 5) is 13.2. The van der Waals surface area contributed by atoms with Gasteiger partial charge in [0.05, 0.1) is 5.69 Å². The van der Waals surface area contributed by atoms with E-state index in [1.165, 1.54) is 12.8 Å². The van der Waals surface area contributed by atoms with E-state index in [9.17, 15) is 13.2 Å². The van der Waals surface area contributed by atoms with Crippen LogP contribution in [0, 0.1) is 6.92 Å². The van der Waals surface area contributed by atoms with Gasteiger partial charge in [-0.3, -0.25) is 0 Å². The van der Waals surface area contributed by atoms with Crippen LogP contribution < -0.4 is 4.90 Å².